The van der Waals surface area contributed by atoms with Gasteiger partial charge >= 0.3 is 0 Å². The summed E-state index contributed by atoms with van der Waals surface area (Å²) in [5.74, 6) is 1.27. The predicted molar refractivity (Wildman–Crippen MR) is 114 cm³/mol. The molecule has 9 heteroatoms. The summed E-state index contributed by atoms with van der Waals surface area (Å²) < 4.78 is 12.2. The van der Waals surface area contributed by atoms with Crippen molar-refractivity contribution in [2.45, 2.75) is 39.0 Å². The number of carbonyl (C=O) groups excluding carboxylic acids is 1. The fraction of sp³-hybridized carbons (Fsp3) is 0.364. The topological polar surface area (TPSA) is 103 Å². The second-order valence-corrected chi connectivity index (χ2v) is 8.10. The smallest absolute Gasteiger partial charge is 0.262 e. The first-order valence-corrected chi connectivity index (χ1v) is 9.90. The highest BCUT2D eigenvalue weighted by Gasteiger charge is 2.38. The lowest BCUT2D eigenvalue weighted by Gasteiger charge is -2.19. The van der Waals surface area contributed by atoms with Crippen LogP contribution in [0.25, 0.3) is 11.3 Å². The summed E-state index contributed by atoms with van der Waals surface area (Å²) in [4.78, 5) is 23.7. The first-order valence-electron chi connectivity index (χ1n) is 9.90. The molecule has 1 aliphatic heterocycles. The van der Waals surface area contributed by atoms with E-state index in [9.17, 15) is 9.90 Å². The molecule has 3 aromatic rings. The van der Waals surface area contributed by atoms with E-state index in [1.807, 2.05) is 6.92 Å². The molecule has 31 heavy (non-hydrogen) atoms. The predicted octanol–water partition coefficient (Wildman–Crippen LogP) is 2.85. The van der Waals surface area contributed by atoms with Gasteiger partial charge in [0.25, 0.3) is 11.8 Å². The zero-order chi connectivity index (χ0) is 22.3. The van der Waals surface area contributed by atoms with Crippen LogP contribution >= 0.6 is 0 Å². The maximum atomic E-state index is 13.1. The molecule has 9 nitrogen and oxygen atoms in total. The van der Waals surface area contributed by atoms with E-state index in [1.54, 1.807) is 67.2 Å². The van der Waals surface area contributed by atoms with Gasteiger partial charge in [-0.1, -0.05) is 0 Å². The number of pyridine rings is 2. The van der Waals surface area contributed by atoms with Crippen molar-refractivity contribution in [2.75, 3.05) is 19.1 Å². The third-order valence-corrected chi connectivity index (χ3v) is 5.11. The first-order chi connectivity index (χ1) is 14.7. The van der Waals surface area contributed by atoms with Crippen molar-refractivity contribution in [3.8, 4) is 22.9 Å². The molecule has 4 heterocycles. The highest BCUT2D eigenvalue weighted by Crippen LogP contribution is 2.37. The summed E-state index contributed by atoms with van der Waals surface area (Å²) in [5, 5.41) is 14.5. The van der Waals surface area contributed by atoms with Gasteiger partial charge in [-0.2, -0.15) is 5.10 Å². The molecule has 0 bridgehead atoms. The molecule has 0 unspecified atom stereocenters. The van der Waals surface area contributed by atoms with E-state index in [2.05, 4.69) is 10.1 Å². The van der Waals surface area contributed by atoms with Gasteiger partial charge in [0.15, 0.2) is 11.6 Å². The van der Waals surface area contributed by atoms with Gasteiger partial charge in [-0.25, -0.2) is 9.97 Å². The molecule has 0 aliphatic carbocycles. The van der Waals surface area contributed by atoms with Crippen LogP contribution in [0.1, 0.15) is 42.9 Å². The first kappa shape index (κ1) is 20.8. The number of hydrogen-bond donors (Lipinski definition) is 1. The van der Waals surface area contributed by atoms with Crippen LogP contribution in [0.2, 0.25) is 0 Å². The maximum Gasteiger partial charge on any atom is 0.262 e. The monoisotopic (exact) mass is 423 g/mol. The van der Waals surface area contributed by atoms with E-state index < -0.39 is 5.60 Å². The number of fused-ring (bicyclic) bond motifs is 1. The van der Waals surface area contributed by atoms with Gasteiger partial charge in [0.2, 0.25) is 0 Å². The van der Waals surface area contributed by atoms with E-state index in [4.69, 9.17) is 14.5 Å². The number of anilines is 1. The zero-order valence-electron chi connectivity index (χ0n) is 18.2. The number of nitrogens with zero attached hydrogens (tertiary/aromatic N) is 5. The zero-order valence-corrected chi connectivity index (χ0v) is 18.2. The molecule has 1 amide bonds. The molecule has 0 aromatic carbocycles. The minimum atomic E-state index is -0.906. The van der Waals surface area contributed by atoms with E-state index in [1.165, 1.54) is 7.11 Å². The van der Waals surface area contributed by atoms with Gasteiger partial charge in [0.05, 0.1) is 49.4 Å². The van der Waals surface area contributed by atoms with Crippen molar-refractivity contribution in [1.29, 1.82) is 0 Å². The molecule has 1 atom stereocenters. The average molecular weight is 423 g/mol. The molecule has 4 rings (SSSR count). The molecule has 0 spiro atoms. The molecule has 0 fully saturated rings. The van der Waals surface area contributed by atoms with Crippen LogP contribution in [0.3, 0.4) is 0 Å². The number of amides is 1. The standard InChI is InChI=1S/C22H25N5O4/c1-13-19-15(21(28)27(13)18-8-9-26(25-18)12-22(2,3)29)6-7-16(24-19)14-10-17(30-4)20(31-5)23-11-14/h6-11,13,29H,12H2,1-5H3/t13-/m0/s1. The number of methoxy groups -OCH3 is 2. The summed E-state index contributed by atoms with van der Waals surface area (Å²) in [6.07, 6.45) is 3.41. The van der Waals surface area contributed by atoms with Crippen molar-refractivity contribution in [1.82, 2.24) is 19.7 Å². The van der Waals surface area contributed by atoms with Gasteiger partial charge in [-0.05, 0) is 39.0 Å². The molecule has 3 aromatic heterocycles. The summed E-state index contributed by atoms with van der Waals surface area (Å²) in [7, 11) is 3.08. The number of hydrogen-bond acceptors (Lipinski definition) is 7. The second kappa shape index (κ2) is 7.66. The van der Waals surface area contributed by atoms with Crippen LogP contribution in [-0.2, 0) is 6.54 Å². The van der Waals surface area contributed by atoms with Gasteiger partial charge in [0.1, 0.15) is 0 Å². The summed E-state index contributed by atoms with van der Waals surface area (Å²) >= 11 is 0. The molecule has 1 aliphatic rings. The van der Waals surface area contributed by atoms with Crippen molar-refractivity contribution < 1.29 is 19.4 Å². The molecule has 0 saturated heterocycles. The summed E-state index contributed by atoms with van der Waals surface area (Å²) in [5.41, 5.74) is 1.75. The van der Waals surface area contributed by atoms with Crippen LogP contribution in [0.5, 0.6) is 11.6 Å². The summed E-state index contributed by atoms with van der Waals surface area (Å²) in [6.45, 7) is 5.66. The molecular weight excluding hydrogens is 398 g/mol. The van der Waals surface area contributed by atoms with E-state index in [0.29, 0.717) is 40.9 Å². The average Bonchev–Trinajstić information content (AvgIpc) is 3.27. The largest absolute Gasteiger partial charge is 0.491 e. The van der Waals surface area contributed by atoms with Crippen LogP contribution in [0.15, 0.2) is 36.7 Å². The van der Waals surface area contributed by atoms with E-state index in [0.717, 1.165) is 5.56 Å². The van der Waals surface area contributed by atoms with Crippen LogP contribution in [-0.4, -0.2) is 50.6 Å². The highest BCUT2D eigenvalue weighted by atomic mass is 16.5. The number of rotatable bonds is 6. The number of aliphatic hydroxyl groups is 1. The molecule has 162 valence electrons. The minimum Gasteiger partial charge on any atom is -0.491 e. The van der Waals surface area contributed by atoms with Gasteiger partial charge in [-0.3, -0.25) is 14.4 Å². The van der Waals surface area contributed by atoms with Gasteiger partial charge in [0, 0.05) is 24.0 Å². The van der Waals surface area contributed by atoms with Crippen molar-refractivity contribution in [3.63, 3.8) is 0 Å². The van der Waals surface area contributed by atoms with Crippen molar-refractivity contribution in [3.05, 3.63) is 47.9 Å². The molecular formula is C22H25N5O4. The van der Waals surface area contributed by atoms with Crippen molar-refractivity contribution in [2.24, 2.45) is 0 Å². The van der Waals surface area contributed by atoms with Crippen LogP contribution < -0.4 is 14.4 Å². The Labute approximate surface area is 180 Å². The Morgan fingerprint density at radius 2 is 1.97 bits per heavy atom. The Morgan fingerprint density at radius 1 is 1.19 bits per heavy atom. The Balaban J connectivity index is 1.66. The van der Waals surface area contributed by atoms with E-state index >= 15 is 0 Å². The lowest BCUT2D eigenvalue weighted by atomic mass is 10.1. The minimum absolute atomic E-state index is 0.152. The Morgan fingerprint density at radius 3 is 2.65 bits per heavy atom. The Kier molecular flexibility index (Phi) is 5.14. The quantitative estimate of drug-likeness (QED) is 0.650. The van der Waals surface area contributed by atoms with Gasteiger partial charge in [-0.15, -0.1) is 0 Å². The fourth-order valence-corrected chi connectivity index (χ4v) is 3.70. The Bertz CT molecular complexity index is 1140. The van der Waals surface area contributed by atoms with Crippen LogP contribution in [0, 0.1) is 0 Å². The Hall–Kier alpha value is -3.46. The molecule has 1 N–H and O–H groups in total. The number of carbonyl (C=O) groups is 1. The number of aromatic nitrogens is 4. The lowest BCUT2D eigenvalue weighted by molar-refractivity contribution is 0.0578. The second-order valence-electron chi connectivity index (χ2n) is 8.10. The third-order valence-electron chi connectivity index (χ3n) is 5.11. The van der Waals surface area contributed by atoms with Crippen LogP contribution in [0.4, 0.5) is 5.82 Å². The highest BCUT2D eigenvalue weighted by molar-refractivity contribution is 6.10. The normalized spacial score (nSPS) is 15.9. The third kappa shape index (κ3) is 3.84. The summed E-state index contributed by atoms with van der Waals surface area (Å²) in [6, 6.07) is 6.86. The number of ether oxygens (including phenoxy) is 2. The SMILES string of the molecule is COc1cc(-c2ccc3c(n2)[C@H](C)N(c2ccn(CC(C)(C)O)n2)C3=O)cnc1OC. The molecule has 0 radical (unpaired) electrons. The fourth-order valence-electron chi connectivity index (χ4n) is 3.70. The van der Waals surface area contributed by atoms with Gasteiger partial charge < -0.3 is 14.6 Å². The lowest BCUT2D eigenvalue weighted by Crippen LogP contribution is -2.28. The maximum absolute atomic E-state index is 13.1. The van der Waals surface area contributed by atoms with Crippen molar-refractivity contribution >= 4 is 11.7 Å². The molecule has 0 saturated carbocycles. The van der Waals surface area contributed by atoms with E-state index in [-0.39, 0.29) is 11.9 Å².